The van der Waals surface area contributed by atoms with Crippen molar-refractivity contribution in [2.75, 3.05) is 46.9 Å². The van der Waals surface area contributed by atoms with Crippen LogP contribution < -0.4 is 4.74 Å². The van der Waals surface area contributed by atoms with Gasteiger partial charge in [-0.15, -0.1) is 0 Å². The Morgan fingerprint density at radius 3 is 2.39 bits per heavy atom. The molecule has 1 heterocycles. The zero-order valence-corrected chi connectivity index (χ0v) is 19.3. The first-order valence-corrected chi connectivity index (χ1v) is 11.3. The number of amides is 1. The number of carbonyl (C=O) groups is 1. The molecule has 0 bridgehead atoms. The fourth-order valence-corrected chi connectivity index (χ4v) is 4.42. The van der Waals surface area contributed by atoms with Gasteiger partial charge in [-0.2, -0.15) is 5.26 Å². The monoisotopic (exact) mass is 442 g/mol. The van der Waals surface area contributed by atoms with Crippen LogP contribution in [-0.4, -0.2) is 67.5 Å². The van der Waals surface area contributed by atoms with Crippen LogP contribution in [0.3, 0.4) is 0 Å². The predicted octanol–water partition coefficient (Wildman–Crippen LogP) is 3.69. The van der Waals surface area contributed by atoms with Crippen LogP contribution in [0.1, 0.15) is 17.2 Å². The number of methoxy groups -OCH3 is 1. The third-order valence-electron chi connectivity index (χ3n) is 6.26. The van der Waals surface area contributed by atoms with Crippen LogP contribution in [0.2, 0.25) is 0 Å². The summed E-state index contributed by atoms with van der Waals surface area (Å²) >= 11 is 0. The highest BCUT2D eigenvalue weighted by Gasteiger charge is 2.27. The zero-order valence-electron chi connectivity index (χ0n) is 19.3. The summed E-state index contributed by atoms with van der Waals surface area (Å²) in [6.07, 6.45) is 0. The molecule has 33 heavy (non-hydrogen) atoms. The molecule has 170 valence electrons. The second-order valence-electron chi connectivity index (χ2n) is 8.58. The van der Waals surface area contributed by atoms with Gasteiger partial charge >= 0.3 is 0 Å². The van der Waals surface area contributed by atoms with Gasteiger partial charge < -0.3 is 9.64 Å². The van der Waals surface area contributed by atoms with E-state index in [0.29, 0.717) is 32.7 Å². The van der Waals surface area contributed by atoms with Crippen molar-refractivity contribution in [3.8, 4) is 11.8 Å². The predicted molar refractivity (Wildman–Crippen MR) is 130 cm³/mol. The molecule has 1 aliphatic heterocycles. The summed E-state index contributed by atoms with van der Waals surface area (Å²) in [7, 11) is 3.62. The fourth-order valence-electron chi connectivity index (χ4n) is 4.42. The number of carbonyl (C=O) groups excluding carboxylic acids is 1. The van der Waals surface area contributed by atoms with Gasteiger partial charge in [-0.25, -0.2) is 0 Å². The van der Waals surface area contributed by atoms with Crippen LogP contribution in [0.25, 0.3) is 10.8 Å². The van der Waals surface area contributed by atoms with Crippen molar-refractivity contribution in [2.45, 2.75) is 12.6 Å². The number of rotatable bonds is 7. The Morgan fingerprint density at radius 2 is 1.73 bits per heavy atom. The van der Waals surface area contributed by atoms with E-state index in [0.717, 1.165) is 17.9 Å². The first-order valence-electron chi connectivity index (χ1n) is 11.3. The largest absolute Gasteiger partial charge is 0.497 e. The number of fused-ring (bicyclic) bond motifs is 1. The third kappa shape index (κ3) is 5.51. The first-order chi connectivity index (χ1) is 16.1. The third-order valence-corrected chi connectivity index (χ3v) is 6.26. The van der Waals surface area contributed by atoms with E-state index < -0.39 is 0 Å². The van der Waals surface area contributed by atoms with Crippen molar-refractivity contribution in [3.63, 3.8) is 0 Å². The van der Waals surface area contributed by atoms with E-state index in [2.05, 4.69) is 46.2 Å². The lowest BCUT2D eigenvalue weighted by atomic mass is 10.1. The summed E-state index contributed by atoms with van der Waals surface area (Å²) in [6, 6.07) is 24.5. The maximum atomic E-state index is 12.9. The molecule has 0 N–H and O–H groups in total. The lowest BCUT2D eigenvalue weighted by Crippen LogP contribution is -2.51. The minimum absolute atomic E-state index is 0.135. The standard InChI is InChI=1S/C27H30N4O2/c1-29(19-21-7-8-22-5-3-4-6-24(22)17-21)20-27(32)31-15-13-30(14-16-31)26(18-28)23-9-11-25(33-2)12-10-23/h3-12,17,26H,13-16,19-20H2,1-2H3/t26-/m0/s1. The number of nitrogens with zero attached hydrogens (tertiary/aromatic N) is 4. The number of benzene rings is 3. The maximum Gasteiger partial charge on any atom is 0.236 e. The van der Waals surface area contributed by atoms with Crippen molar-refractivity contribution in [3.05, 3.63) is 77.9 Å². The Balaban J connectivity index is 1.29. The fraction of sp³-hybridized carbons (Fsp3) is 0.333. The molecular formula is C27H30N4O2. The topological polar surface area (TPSA) is 59.8 Å². The van der Waals surface area contributed by atoms with E-state index in [4.69, 9.17) is 4.74 Å². The molecule has 0 saturated carbocycles. The van der Waals surface area contributed by atoms with Crippen LogP contribution in [0.15, 0.2) is 66.7 Å². The quantitative estimate of drug-likeness (QED) is 0.559. The maximum absolute atomic E-state index is 12.9. The molecular weight excluding hydrogens is 412 g/mol. The molecule has 0 aliphatic carbocycles. The molecule has 1 aliphatic rings. The van der Waals surface area contributed by atoms with Crippen molar-refractivity contribution in [1.82, 2.24) is 14.7 Å². The molecule has 0 aromatic heterocycles. The molecule has 6 nitrogen and oxygen atoms in total. The van der Waals surface area contributed by atoms with E-state index in [-0.39, 0.29) is 11.9 Å². The van der Waals surface area contributed by atoms with Crippen molar-refractivity contribution >= 4 is 16.7 Å². The summed E-state index contributed by atoms with van der Waals surface area (Å²) in [5.41, 5.74) is 2.15. The van der Waals surface area contributed by atoms with Gasteiger partial charge in [0.1, 0.15) is 11.8 Å². The van der Waals surface area contributed by atoms with Gasteiger partial charge in [-0.3, -0.25) is 14.6 Å². The van der Waals surface area contributed by atoms with Gasteiger partial charge in [0.2, 0.25) is 5.91 Å². The highest BCUT2D eigenvalue weighted by Crippen LogP contribution is 2.24. The van der Waals surface area contributed by atoms with Gasteiger partial charge in [0.05, 0.1) is 19.7 Å². The Labute approximate surface area is 195 Å². The Hall–Kier alpha value is -3.40. The number of hydrogen-bond donors (Lipinski definition) is 0. The second kappa shape index (κ2) is 10.5. The zero-order chi connectivity index (χ0) is 23.2. The van der Waals surface area contributed by atoms with E-state index in [1.807, 2.05) is 48.3 Å². The van der Waals surface area contributed by atoms with Gasteiger partial charge in [0, 0.05) is 32.7 Å². The number of hydrogen-bond acceptors (Lipinski definition) is 5. The van der Waals surface area contributed by atoms with Crippen molar-refractivity contribution < 1.29 is 9.53 Å². The summed E-state index contributed by atoms with van der Waals surface area (Å²) in [5.74, 6) is 0.912. The highest BCUT2D eigenvalue weighted by molar-refractivity contribution is 5.83. The van der Waals surface area contributed by atoms with Gasteiger partial charge in [0.15, 0.2) is 0 Å². The molecule has 1 atom stereocenters. The lowest BCUT2D eigenvalue weighted by Gasteiger charge is -2.37. The number of piperazine rings is 1. The number of likely N-dealkylation sites (N-methyl/N-ethyl adjacent to an activating group) is 1. The molecule has 3 aromatic carbocycles. The SMILES string of the molecule is COc1ccc([C@H](C#N)N2CCN(C(=O)CN(C)Cc3ccc4ccccc4c3)CC2)cc1. The van der Waals surface area contributed by atoms with Crippen molar-refractivity contribution in [2.24, 2.45) is 0 Å². The lowest BCUT2D eigenvalue weighted by molar-refractivity contribution is -0.134. The first kappa shape index (κ1) is 22.8. The molecule has 1 saturated heterocycles. The van der Waals surface area contributed by atoms with Crippen LogP contribution >= 0.6 is 0 Å². The van der Waals surface area contributed by atoms with Crippen LogP contribution in [-0.2, 0) is 11.3 Å². The molecule has 6 heteroatoms. The number of nitriles is 1. The summed E-state index contributed by atoms with van der Waals surface area (Å²) in [6.45, 7) is 3.75. The van der Waals surface area contributed by atoms with Gasteiger partial charge in [0.25, 0.3) is 0 Å². The molecule has 1 amide bonds. The smallest absolute Gasteiger partial charge is 0.236 e. The summed E-state index contributed by atoms with van der Waals surface area (Å²) < 4.78 is 5.21. The average Bonchev–Trinajstić information content (AvgIpc) is 2.85. The average molecular weight is 443 g/mol. The van der Waals surface area contributed by atoms with Crippen LogP contribution in [0, 0.1) is 11.3 Å². The molecule has 3 aromatic rings. The highest BCUT2D eigenvalue weighted by atomic mass is 16.5. The summed E-state index contributed by atoms with van der Waals surface area (Å²) in [5, 5.41) is 12.2. The minimum atomic E-state index is -0.316. The normalized spacial score (nSPS) is 15.4. The Bertz CT molecular complexity index is 1130. The molecule has 0 spiro atoms. The van der Waals surface area contributed by atoms with E-state index in [1.165, 1.54) is 16.3 Å². The van der Waals surface area contributed by atoms with Crippen LogP contribution in [0.5, 0.6) is 5.75 Å². The summed E-state index contributed by atoms with van der Waals surface area (Å²) in [4.78, 5) is 19.0. The molecule has 0 radical (unpaired) electrons. The minimum Gasteiger partial charge on any atom is -0.497 e. The van der Waals surface area contributed by atoms with Crippen molar-refractivity contribution in [1.29, 1.82) is 5.26 Å². The van der Waals surface area contributed by atoms with Crippen LogP contribution in [0.4, 0.5) is 0 Å². The number of ether oxygens (including phenoxy) is 1. The molecule has 4 rings (SSSR count). The Morgan fingerprint density at radius 1 is 1.03 bits per heavy atom. The molecule has 0 unspecified atom stereocenters. The van der Waals surface area contributed by atoms with Gasteiger partial charge in [-0.05, 0) is 47.1 Å². The Kier molecular flexibility index (Phi) is 7.23. The second-order valence-corrected chi connectivity index (χ2v) is 8.58. The van der Waals surface area contributed by atoms with E-state index >= 15 is 0 Å². The van der Waals surface area contributed by atoms with E-state index in [9.17, 15) is 10.1 Å². The van der Waals surface area contributed by atoms with Gasteiger partial charge in [-0.1, -0.05) is 48.5 Å². The molecule has 1 fully saturated rings. The van der Waals surface area contributed by atoms with E-state index in [1.54, 1.807) is 7.11 Å².